The molecule has 16 heavy (non-hydrogen) atoms. The Hall–Kier alpha value is -1.36. The molecule has 1 aliphatic heterocycles. The summed E-state index contributed by atoms with van der Waals surface area (Å²) >= 11 is 1.53. The number of hydrogen-bond acceptors (Lipinski definition) is 5. The lowest BCUT2D eigenvalue weighted by molar-refractivity contribution is -0.239. The maximum Gasteiger partial charge on any atom is 0.323 e. The van der Waals surface area contributed by atoms with Crippen molar-refractivity contribution < 1.29 is 19.1 Å². The summed E-state index contributed by atoms with van der Waals surface area (Å²) in [6.07, 6.45) is 0.344. The highest BCUT2D eigenvalue weighted by Crippen LogP contribution is 2.25. The van der Waals surface area contributed by atoms with E-state index in [4.69, 9.17) is 9.47 Å². The van der Waals surface area contributed by atoms with Gasteiger partial charge in [0.25, 0.3) is 5.79 Å². The van der Waals surface area contributed by atoms with E-state index in [1.54, 1.807) is 13.8 Å². The maximum atomic E-state index is 11.6. The van der Waals surface area contributed by atoms with Crippen molar-refractivity contribution in [2.24, 2.45) is 5.92 Å². The molecular weight excluding hydrogens is 228 g/mol. The fourth-order valence-electron chi connectivity index (χ4n) is 1.55. The summed E-state index contributed by atoms with van der Waals surface area (Å²) in [5.74, 6) is -2.98. The lowest BCUT2D eigenvalue weighted by atomic mass is 10.0. The van der Waals surface area contributed by atoms with Gasteiger partial charge in [0.2, 0.25) is 0 Å². The molecule has 4 nitrogen and oxygen atoms in total. The third-order valence-corrected chi connectivity index (χ3v) is 3.01. The smallest absolute Gasteiger partial charge is 0.323 e. The summed E-state index contributed by atoms with van der Waals surface area (Å²) in [4.78, 5) is 23.3. The Kier molecular flexibility index (Phi) is 2.71. The minimum atomic E-state index is -1.14. The molecule has 0 aliphatic carbocycles. The maximum absolute atomic E-state index is 11.6. The fraction of sp³-hybridized carbons (Fsp3) is 0.455. The van der Waals surface area contributed by atoms with Crippen LogP contribution in [-0.4, -0.2) is 17.7 Å². The van der Waals surface area contributed by atoms with Crippen molar-refractivity contribution in [3.05, 3.63) is 22.4 Å². The molecule has 0 amide bonds. The van der Waals surface area contributed by atoms with Crippen LogP contribution in [0.3, 0.4) is 0 Å². The van der Waals surface area contributed by atoms with E-state index in [9.17, 15) is 9.59 Å². The van der Waals surface area contributed by atoms with Gasteiger partial charge in [0.15, 0.2) is 5.92 Å². The minimum Gasteiger partial charge on any atom is -0.422 e. The largest absolute Gasteiger partial charge is 0.422 e. The molecule has 1 fully saturated rings. The summed E-state index contributed by atoms with van der Waals surface area (Å²) < 4.78 is 10.1. The van der Waals surface area contributed by atoms with Gasteiger partial charge in [0, 0.05) is 13.8 Å². The van der Waals surface area contributed by atoms with Crippen LogP contribution in [0.15, 0.2) is 16.8 Å². The van der Waals surface area contributed by atoms with Crippen LogP contribution in [0.2, 0.25) is 0 Å². The molecule has 2 rings (SSSR count). The van der Waals surface area contributed by atoms with Gasteiger partial charge in [0.05, 0.1) is 0 Å². The van der Waals surface area contributed by atoms with Gasteiger partial charge in [-0.2, -0.15) is 11.3 Å². The van der Waals surface area contributed by atoms with E-state index in [2.05, 4.69) is 0 Å². The summed E-state index contributed by atoms with van der Waals surface area (Å²) in [6, 6.07) is 1.88. The lowest BCUT2D eigenvalue weighted by Gasteiger charge is -2.32. The quantitative estimate of drug-likeness (QED) is 0.583. The first-order chi connectivity index (χ1) is 7.48. The molecule has 0 unspecified atom stereocenters. The number of hydrogen-bond donors (Lipinski definition) is 0. The van der Waals surface area contributed by atoms with E-state index >= 15 is 0 Å². The van der Waals surface area contributed by atoms with Gasteiger partial charge in [-0.1, -0.05) is 0 Å². The SMILES string of the molecule is CC1(C)OC(=O)C(Cc2ccsc2)C(=O)O1. The van der Waals surface area contributed by atoms with Crippen molar-refractivity contribution in [1.29, 1.82) is 0 Å². The molecule has 1 saturated heterocycles. The standard InChI is InChI=1S/C11H12O4S/c1-11(2)14-9(12)8(10(13)15-11)5-7-3-4-16-6-7/h3-4,6,8H,5H2,1-2H3. The van der Waals surface area contributed by atoms with Gasteiger partial charge in [0.1, 0.15) is 0 Å². The van der Waals surface area contributed by atoms with Crippen molar-refractivity contribution in [2.75, 3.05) is 0 Å². The number of cyclic esters (lactones) is 2. The highest BCUT2D eigenvalue weighted by atomic mass is 32.1. The van der Waals surface area contributed by atoms with Crippen LogP contribution in [0.1, 0.15) is 19.4 Å². The molecule has 0 N–H and O–H groups in total. The number of rotatable bonds is 2. The predicted molar refractivity (Wildman–Crippen MR) is 57.8 cm³/mol. The van der Waals surface area contributed by atoms with Crippen LogP contribution >= 0.6 is 11.3 Å². The third-order valence-electron chi connectivity index (χ3n) is 2.28. The molecule has 0 bridgehead atoms. The number of thiophene rings is 1. The summed E-state index contributed by atoms with van der Waals surface area (Å²) in [5.41, 5.74) is 0.948. The molecule has 0 spiro atoms. The molecule has 1 aromatic heterocycles. The molecule has 1 aromatic rings. The molecule has 5 heteroatoms. The van der Waals surface area contributed by atoms with E-state index in [-0.39, 0.29) is 0 Å². The number of esters is 2. The Morgan fingerprint density at radius 3 is 2.44 bits per heavy atom. The number of carbonyl (C=O) groups excluding carboxylic acids is 2. The van der Waals surface area contributed by atoms with Gasteiger partial charge in [-0.15, -0.1) is 0 Å². The second-order valence-electron chi connectivity index (χ2n) is 4.13. The average Bonchev–Trinajstić information content (AvgIpc) is 2.62. The predicted octanol–water partition coefficient (Wildman–Crippen LogP) is 1.74. The van der Waals surface area contributed by atoms with Crippen LogP contribution in [0.5, 0.6) is 0 Å². The Labute approximate surface area is 97.2 Å². The summed E-state index contributed by atoms with van der Waals surface area (Å²) in [6.45, 7) is 3.09. The molecular formula is C11H12O4S. The van der Waals surface area contributed by atoms with E-state index in [0.29, 0.717) is 6.42 Å². The van der Waals surface area contributed by atoms with Crippen LogP contribution in [0.4, 0.5) is 0 Å². The van der Waals surface area contributed by atoms with Crippen LogP contribution in [0.25, 0.3) is 0 Å². The molecule has 0 atom stereocenters. The van der Waals surface area contributed by atoms with Crippen LogP contribution in [0, 0.1) is 5.92 Å². The molecule has 0 saturated carbocycles. The number of ether oxygens (including phenoxy) is 2. The topological polar surface area (TPSA) is 52.6 Å². The lowest BCUT2D eigenvalue weighted by Crippen LogP contribution is -2.46. The molecule has 86 valence electrons. The average molecular weight is 240 g/mol. The highest BCUT2D eigenvalue weighted by Gasteiger charge is 2.42. The number of carbonyl (C=O) groups is 2. The Morgan fingerprint density at radius 1 is 1.31 bits per heavy atom. The van der Waals surface area contributed by atoms with Crippen molar-refractivity contribution in [2.45, 2.75) is 26.1 Å². The van der Waals surface area contributed by atoms with Crippen LogP contribution in [-0.2, 0) is 25.5 Å². The Morgan fingerprint density at radius 2 is 1.94 bits per heavy atom. The second-order valence-corrected chi connectivity index (χ2v) is 4.91. The molecule has 2 heterocycles. The first kappa shape index (κ1) is 11.1. The van der Waals surface area contributed by atoms with Gasteiger partial charge in [-0.25, -0.2) is 0 Å². The summed E-state index contributed by atoms with van der Waals surface area (Å²) in [7, 11) is 0. The van der Waals surface area contributed by atoms with Crippen molar-refractivity contribution in [3.8, 4) is 0 Å². The van der Waals surface area contributed by atoms with E-state index in [1.807, 2.05) is 16.8 Å². The van der Waals surface area contributed by atoms with Crippen LogP contribution < -0.4 is 0 Å². The zero-order valence-electron chi connectivity index (χ0n) is 9.06. The zero-order chi connectivity index (χ0) is 11.8. The second kappa shape index (κ2) is 3.90. The van der Waals surface area contributed by atoms with Gasteiger partial charge in [-0.05, 0) is 28.8 Å². The monoisotopic (exact) mass is 240 g/mol. The molecule has 0 radical (unpaired) electrons. The van der Waals surface area contributed by atoms with Gasteiger partial charge >= 0.3 is 11.9 Å². The van der Waals surface area contributed by atoms with E-state index in [1.165, 1.54) is 11.3 Å². The minimum absolute atomic E-state index is 0.344. The fourth-order valence-corrected chi connectivity index (χ4v) is 2.24. The van der Waals surface area contributed by atoms with E-state index < -0.39 is 23.6 Å². The third kappa shape index (κ3) is 2.24. The normalized spacial score (nSPS) is 20.4. The van der Waals surface area contributed by atoms with E-state index in [0.717, 1.165) is 5.56 Å². The first-order valence-corrected chi connectivity index (χ1v) is 5.89. The first-order valence-electron chi connectivity index (χ1n) is 4.95. The van der Waals surface area contributed by atoms with Crippen molar-refractivity contribution >= 4 is 23.3 Å². The Balaban J connectivity index is 2.11. The van der Waals surface area contributed by atoms with Gasteiger partial charge in [-0.3, -0.25) is 9.59 Å². The summed E-state index contributed by atoms with van der Waals surface area (Å²) in [5, 5.41) is 3.80. The Bertz CT molecular complexity index is 388. The molecule has 0 aromatic carbocycles. The zero-order valence-corrected chi connectivity index (χ0v) is 9.87. The highest BCUT2D eigenvalue weighted by molar-refractivity contribution is 7.07. The molecule has 1 aliphatic rings. The van der Waals surface area contributed by atoms with Gasteiger partial charge < -0.3 is 9.47 Å². The van der Waals surface area contributed by atoms with Crippen molar-refractivity contribution in [3.63, 3.8) is 0 Å². The van der Waals surface area contributed by atoms with Crippen molar-refractivity contribution in [1.82, 2.24) is 0 Å².